The van der Waals surface area contributed by atoms with Gasteiger partial charge in [0.2, 0.25) is 0 Å². The summed E-state index contributed by atoms with van der Waals surface area (Å²) in [6, 6.07) is 9.14. The molecule has 1 saturated heterocycles. The number of hydrogen-bond donors (Lipinski definition) is 0. The second-order valence-electron chi connectivity index (χ2n) is 4.45. The third-order valence-corrected chi connectivity index (χ3v) is 4.34. The first kappa shape index (κ1) is 13.8. The number of rotatable bonds is 4. The van der Waals surface area contributed by atoms with Gasteiger partial charge in [-0.15, -0.1) is 0 Å². The monoisotopic (exact) mass is 276 g/mol. The molecule has 0 spiro atoms. The number of likely N-dealkylation sites (N-methyl/N-ethyl adjacent to an activating group) is 1. The minimum absolute atomic E-state index is 0.00291. The van der Waals surface area contributed by atoms with Crippen molar-refractivity contribution in [2.75, 3.05) is 25.2 Å². The molecule has 1 amide bonds. The van der Waals surface area contributed by atoms with E-state index in [1.165, 1.54) is 0 Å². The van der Waals surface area contributed by atoms with Gasteiger partial charge in [-0.3, -0.25) is 4.79 Å². The van der Waals surface area contributed by atoms with Crippen molar-refractivity contribution in [1.29, 1.82) is 5.26 Å². The lowest BCUT2D eigenvalue weighted by molar-refractivity contribution is -0.133. The Bertz CT molecular complexity index is 475. The molecule has 4 nitrogen and oxygen atoms in total. The van der Waals surface area contributed by atoms with E-state index in [4.69, 9.17) is 10.00 Å². The number of thioether (sulfide) groups is 1. The Kier molecular flexibility index (Phi) is 4.69. The third kappa shape index (κ3) is 3.65. The summed E-state index contributed by atoms with van der Waals surface area (Å²) in [4.78, 5) is 13.7. The molecule has 0 bridgehead atoms. The number of hydrogen-bond acceptors (Lipinski definition) is 4. The van der Waals surface area contributed by atoms with Gasteiger partial charge in [0.15, 0.2) is 6.61 Å². The van der Waals surface area contributed by atoms with E-state index in [0.29, 0.717) is 17.4 Å². The second-order valence-corrected chi connectivity index (χ2v) is 5.60. The summed E-state index contributed by atoms with van der Waals surface area (Å²) in [5, 5.41) is 8.69. The lowest BCUT2D eigenvalue weighted by Gasteiger charge is -2.23. The van der Waals surface area contributed by atoms with E-state index in [0.717, 1.165) is 17.9 Å². The van der Waals surface area contributed by atoms with Crippen LogP contribution >= 0.6 is 11.8 Å². The van der Waals surface area contributed by atoms with Crippen LogP contribution in [0.25, 0.3) is 0 Å². The molecule has 1 atom stereocenters. The third-order valence-electron chi connectivity index (χ3n) is 3.19. The number of carbonyl (C=O) groups excluding carboxylic acids is 1. The van der Waals surface area contributed by atoms with Gasteiger partial charge in [0.05, 0.1) is 11.6 Å². The summed E-state index contributed by atoms with van der Waals surface area (Å²) in [6.07, 6.45) is 1.06. The normalized spacial score (nSPS) is 17.8. The summed E-state index contributed by atoms with van der Waals surface area (Å²) in [5.41, 5.74) is 0.582. The molecule has 1 heterocycles. The highest BCUT2D eigenvalue weighted by molar-refractivity contribution is 7.99. The second kappa shape index (κ2) is 6.48. The molecule has 2 rings (SSSR count). The number of ether oxygens (including phenoxy) is 1. The highest BCUT2D eigenvalue weighted by Crippen LogP contribution is 2.21. The zero-order valence-corrected chi connectivity index (χ0v) is 11.7. The fraction of sp³-hybridized carbons (Fsp3) is 0.429. The van der Waals surface area contributed by atoms with E-state index < -0.39 is 0 Å². The summed E-state index contributed by atoms with van der Waals surface area (Å²) in [6.45, 7) is 0.0452. The smallest absolute Gasteiger partial charge is 0.260 e. The van der Waals surface area contributed by atoms with Crippen molar-refractivity contribution < 1.29 is 9.53 Å². The van der Waals surface area contributed by atoms with Crippen LogP contribution in [0.3, 0.4) is 0 Å². The largest absolute Gasteiger partial charge is 0.484 e. The van der Waals surface area contributed by atoms with Crippen molar-refractivity contribution in [3.05, 3.63) is 29.8 Å². The SMILES string of the molecule is CN(C(=O)COc1ccc(C#N)cc1)C1CCSC1. The van der Waals surface area contributed by atoms with Gasteiger partial charge in [0.1, 0.15) is 5.75 Å². The Hall–Kier alpha value is -1.67. The first-order valence-electron chi connectivity index (χ1n) is 6.17. The van der Waals surface area contributed by atoms with Gasteiger partial charge < -0.3 is 9.64 Å². The predicted octanol–water partition coefficient (Wildman–Crippen LogP) is 1.90. The molecule has 0 radical (unpaired) electrons. The maximum atomic E-state index is 12.0. The van der Waals surface area contributed by atoms with E-state index >= 15 is 0 Å². The molecule has 0 aliphatic carbocycles. The fourth-order valence-electron chi connectivity index (χ4n) is 1.90. The minimum Gasteiger partial charge on any atom is -0.484 e. The van der Waals surface area contributed by atoms with Crippen LogP contribution in [0, 0.1) is 11.3 Å². The number of carbonyl (C=O) groups is 1. The molecule has 0 N–H and O–H groups in total. The summed E-state index contributed by atoms with van der Waals surface area (Å²) < 4.78 is 5.44. The zero-order valence-electron chi connectivity index (χ0n) is 10.8. The van der Waals surface area contributed by atoms with Crippen LogP contribution in [0.4, 0.5) is 0 Å². The average molecular weight is 276 g/mol. The molecule has 1 fully saturated rings. The molecule has 1 aliphatic rings. The van der Waals surface area contributed by atoms with Crippen molar-refractivity contribution in [3.8, 4) is 11.8 Å². The van der Waals surface area contributed by atoms with Gasteiger partial charge in [-0.25, -0.2) is 0 Å². The molecule has 19 heavy (non-hydrogen) atoms. The van der Waals surface area contributed by atoms with Gasteiger partial charge in [-0.1, -0.05) is 0 Å². The van der Waals surface area contributed by atoms with Crippen molar-refractivity contribution in [2.45, 2.75) is 12.5 Å². The molecule has 1 aromatic carbocycles. The minimum atomic E-state index is -0.00291. The average Bonchev–Trinajstić information content (AvgIpc) is 2.98. The number of nitrogens with zero attached hydrogens (tertiary/aromatic N) is 2. The zero-order chi connectivity index (χ0) is 13.7. The standard InChI is InChI=1S/C14H16N2O2S/c1-16(12-6-7-19-10-12)14(17)9-18-13-4-2-11(8-15)3-5-13/h2-5,12H,6-7,9-10H2,1H3. The molecule has 0 aromatic heterocycles. The Labute approximate surface area is 117 Å². The highest BCUT2D eigenvalue weighted by atomic mass is 32.2. The predicted molar refractivity (Wildman–Crippen MR) is 75.2 cm³/mol. The Morgan fingerprint density at radius 2 is 2.26 bits per heavy atom. The van der Waals surface area contributed by atoms with Crippen molar-refractivity contribution in [1.82, 2.24) is 4.90 Å². The van der Waals surface area contributed by atoms with Gasteiger partial charge in [-0.05, 0) is 36.4 Å². The maximum Gasteiger partial charge on any atom is 0.260 e. The van der Waals surface area contributed by atoms with Crippen LogP contribution in [0.5, 0.6) is 5.75 Å². The lowest BCUT2D eigenvalue weighted by Crippen LogP contribution is -2.39. The van der Waals surface area contributed by atoms with Gasteiger partial charge >= 0.3 is 0 Å². The first-order valence-corrected chi connectivity index (χ1v) is 7.32. The van der Waals surface area contributed by atoms with Crippen LogP contribution in [-0.2, 0) is 4.79 Å². The fourth-order valence-corrected chi connectivity index (χ4v) is 3.17. The van der Waals surface area contributed by atoms with Crippen molar-refractivity contribution in [3.63, 3.8) is 0 Å². The van der Waals surface area contributed by atoms with Gasteiger partial charge in [0, 0.05) is 18.8 Å². The first-order chi connectivity index (χ1) is 9.20. The number of benzene rings is 1. The molecule has 0 saturated carbocycles. The van der Waals surface area contributed by atoms with Crippen LogP contribution < -0.4 is 4.74 Å². The molecule has 100 valence electrons. The van der Waals surface area contributed by atoms with E-state index in [1.807, 2.05) is 24.9 Å². The van der Waals surface area contributed by atoms with Crippen molar-refractivity contribution in [2.24, 2.45) is 0 Å². The maximum absolute atomic E-state index is 12.0. The molecule has 1 aromatic rings. The van der Waals surface area contributed by atoms with E-state index in [1.54, 1.807) is 29.2 Å². The summed E-state index contributed by atoms with van der Waals surface area (Å²) >= 11 is 1.88. The highest BCUT2D eigenvalue weighted by Gasteiger charge is 2.23. The van der Waals surface area contributed by atoms with E-state index in [9.17, 15) is 4.79 Å². The summed E-state index contributed by atoms with van der Waals surface area (Å²) in [7, 11) is 1.83. The van der Waals surface area contributed by atoms with Crippen LogP contribution in [0.2, 0.25) is 0 Å². The van der Waals surface area contributed by atoms with Crippen LogP contribution in [0.15, 0.2) is 24.3 Å². The number of nitriles is 1. The van der Waals surface area contributed by atoms with Gasteiger partial charge in [-0.2, -0.15) is 17.0 Å². The number of amides is 1. The quantitative estimate of drug-likeness (QED) is 0.843. The van der Waals surface area contributed by atoms with Crippen LogP contribution in [-0.4, -0.2) is 42.0 Å². The van der Waals surface area contributed by atoms with Gasteiger partial charge in [0.25, 0.3) is 5.91 Å². The molecule has 1 aliphatic heterocycles. The van der Waals surface area contributed by atoms with Crippen molar-refractivity contribution >= 4 is 17.7 Å². The van der Waals surface area contributed by atoms with E-state index in [2.05, 4.69) is 0 Å². The summed E-state index contributed by atoms with van der Waals surface area (Å²) in [5.74, 6) is 2.75. The topological polar surface area (TPSA) is 53.3 Å². The molecule has 5 heteroatoms. The van der Waals surface area contributed by atoms with E-state index in [-0.39, 0.29) is 12.5 Å². The Balaban J connectivity index is 1.83. The molecular formula is C14H16N2O2S. The lowest BCUT2D eigenvalue weighted by atomic mass is 10.2. The Morgan fingerprint density at radius 1 is 1.53 bits per heavy atom. The molecular weight excluding hydrogens is 260 g/mol. The Morgan fingerprint density at radius 3 is 2.84 bits per heavy atom. The molecule has 1 unspecified atom stereocenters. The van der Waals surface area contributed by atoms with Crippen LogP contribution in [0.1, 0.15) is 12.0 Å².